The standard InChI is InChI=1S/C19H25N3O2/c1-13-9-14(2)22(20-13)11-17-5-7-18(8-6-17)19(23)21-10-16(4)24-12-15(21)3/h5-9,15-16H,10-12H2,1-4H3/t15-,16-/m0/s1. The lowest BCUT2D eigenvalue weighted by Crippen LogP contribution is -2.50. The molecule has 128 valence electrons. The third-order valence-corrected chi connectivity index (χ3v) is 4.51. The normalized spacial score (nSPS) is 21.1. The van der Waals surface area contributed by atoms with Crippen LogP contribution >= 0.6 is 0 Å². The molecule has 1 fully saturated rings. The summed E-state index contributed by atoms with van der Waals surface area (Å²) < 4.78 is 7.59. The van der Waals surface area contributed by atoms with Gasteiger partial charge in [-0.1, -0.05) is 12.1 Å². The molecule has 0 bridgehead atoms. The highest BCUT2D eigenvalue weighted by molar-refractivity contribution is 5.94. The Bertz CT molecular complexity index is 721. The van der Waals surface area contributed by atoms with Crippen LogP contribution in [0.25, 0.3) is 0 Å². The fourth-order valence-electron chi connectivity index (χ4n) is 3.11. The number of ether oxygens (including phenoxy) is 1. The van der Waals surface area contributed by atoms with E-state index in [0.717, 1.165) is 29.1 Å². The summed E-state index contributed by atoms with van der Waals surface area (Å²) in [5.41, 5.74) is 4.03. The van der Waals surface area contributed by atoms with Crippen LogP contribution in [-0.2, 0) is 11.3 Å². The summed E-state index contributed by atoms with van der Waals surface area (Å²) in [6.45, 7) is 10.1. The van der Waals surface area contributed by atoms with Crippen LogP contribution in [0.1, 0.15) is 41.2 Å². The monoisotopic (exact) mass is 327 g/mol. The maximum atomic E-state index is 12.7. The fraction of sp³-hybridized carbons (Fsp3) is 0.474. The minimum absolute atomic E-state index is 0.0790. The van der Waals surface area contributed by atoms with E-state index in [4.69, 9.17) is 4.74 Å². The Balaban J connectivity index is 1.72. The maximum absolute atomic E-state index is 12.7. The molecular weight excluding hydrogens is 302 g/mol. The van der Waals surface area contributed by atoms with Gasteiger partial charge in [-0.2, -0.15) is 5.10 Å². The molecule has 1 amide bonds. The molecule has 24 heavy (non-hydrogen) atoms. The quantitative estimate of drug-likeness (QED) is 0.871. The molecule has 2 atom stereocenters. The zero-order valence-corrected chi connectivity index (χ0v) is 14.8. The first-order valence-electron chi connectivity index (χ1n) is 8.46. The predicted molar refractivity (Wildman–Crippen MR) is 93.2 cm³/mol. The number of amides is 1. The molecule has 2 aromatic rings. The first-order valence-corrected chi connectivity index (χ1v) is 8.46. The van der Waals surface area contributed by atoms with E-state index in [-0.39, 0.29) is 18.1 Å². The van der Waals surface area contributed by atoms with Crippen LogP contribution < -0.4 is 0 Å². The smallest absolute Gasteiger partial charge is 0.254 e. The van der Waals surface area contributed by atoms with Crippen molar-refractivity contribution < 1.29 is 9.53 Å². The van der Waals surface area contributed by atoms with Gasteiger partial charge in [0.15, 0.2) is 0 Å². The number of carbonyl (C=O) groups excluding carboxylic acids is 1. The Hall–Kier alpha value is -2.14. The lowest BCUT2D eigenvalue weighted by molar-refractivity contribution is -0.0387. The number of morpholine rings is 1. The van der Waals surface area contributed by atoms with Crippen LogP contribution in [0.3, 0.4) is 0 Å². The topological polar surface area (TPSA) is 47.4 Å². The number of aromatic nitrogens is 2. The second-order valence-electron chi connectivity index (χ2n) is 6.73. The van der Waals surface area contributed by atoms with Crippen molar-refractivity contribution in [3.63, 3.8) is 0 Å². The summed E-state index contributed by atoms with van der Waals surface area (Å²) in [6.07, 6.45) is 0.0930. The summed E-state index contributed by atoms with van der Waals surface area (Å²) in [4.78, 5) is 14.6. The van der Waals surface area contributed by atoms with E-state index >= 15 is 0 Å². The van der Waals surface area contributed by atoms with Crippen molar-refractivity contribution in [1.29, 1.82) is 0 Å². The Morgan fingerprint density at radius 3 is 2.58 bits per heavy atom. The van der Waals surface area contributed by atoms with Gasteiger partial charge in [0.05, 0.1) is 31.0 Å². The third-order valence-electron chi connectivity index (χ3n) is 4.51. The van der Waals surface area contributed by atoms with Gasteiger partial charge in [-0.3, -0.25) is 9.48 Å². The van der Waals surface area contributed by atoms with Crippen molar-refractivity contribution in [2.75, 3.05) is 13.2 Å². The van der Waals surface area contributed by atoms with Gasteiger partial charge in [0, 0.05) is 17.8 Å². The van der Waals surface area contributed by atoms with Gasteiger partial charge in [0.25, 0.3) is 5.91 Å². The minimum atomic E-state index is 0.0790. The molecular formula is C19H25N3O2. The summed E-state index contributed by atoms with van der Waals surface area (Å²) in [5, 5.41) is 4.48. The van der Waals surface area contributed by atoms with E-state index in [1.807, 2.05) is 54.6 Å². The van der Waals surface area contributed by atoms with Crippen molar-refractivity contribution in [2.24, 2.45) is 0 Å². The average Bonchev–Trinajstić information content (AvgIpc) is 2.87. The number of benzene rings is 1. The van der Waals surface area contributed by atoms with E-state index in [2.05, 4.69) is 18.1 Å². The summed E-state index contributed by atoms with van der Waals surface area (Å²) in [6, 6.07) is 10.0. The zero-order valence-electron chi connectivity index (χ0n) is 14.8. The number of hydrogen-bond donors (Lipinski definition) is 0. The molecule has 1 aromatic carbocycles. The number of hydrogen-bond acceptors (Lipinski definition) is 3. The molecule has 0 aliphatic carbocycles. The SMILES string of the molecule is Cc1cc(C)n(Cc2ccc(C(=O)N3C[C@H](C)OC[C@@H]3C)cc2)n1. The molecule has 0 unspecified atom stereocenters. The van der Waals surface area contributed by atoms with E-state index in [0.29, 0.717) is 13.2 Å². The van der Waals surface area contributed by atoms with Gasteiger partial charge in [-0.25, -0.2) is 0 Å². The molecule has 5 nitrogen and oxygen atoms in total. The van der Waals surface area contributed by atoms with Gasteiger partial charge in [0.2, 0.25) is 0 Å². The largest absolute Gasteiger partial charge is 0.375 e. The van der Waals surface area contributed by atoms with Gasteiger partial charge in [0.1, 0.15) is 0 Å². The third kappa shape index (κ3) is 3.51. The highest BCUT2D eigenvalue weighted by Crippen LogP contribution is 2.16. The number of aryl methyl sites for hydroxylation is 2. The molecule has 0 N–H and O–H groups in total. The lowest BCUT2D eigenvalue weighted by atomic mass is 10.1. The van der Waals surface area contributed by atoms with E-state index in [1.54, 1.807) is 0 Å². The van der Waals surface area contributed by atoms with Crippen molar-refractivity contribution in [1.82, 2.24) is 14.7 Å². The fourth-order valence-corrected chi connectivity index (χ4v) is 3.11. The van der Waals surface area contributed by atoms with Crippen LogP contribution in [0.5, 0.6) is 0 Å². The second-order valence-corrected chi connectivity index (χ2v) is 6.73. The Morgan fingerprint density at radius 1 is 1.25 bits per heavy atom. The van der Waals surface area contributed by atoms with E-state index in [9.17, 15) is 4.79 Å². The van der Waals surface area contributed by atoms with Crippen molar-refractivity contribution >= 4 is 5.91 Å². The van der Waals surface area contributed by atoms with E-state index in [1.165, 1.54) is 0 Å². The molecule has 2 heterocycles. The highest BCUT2D eigenvalue weighted by Gasteiger charge is 2.28. The molecule has 0 spiro atoms. The molecule has 1 aliphatic rings. The summed E-state index contributed by atoms with van der Waals surface area (Å²) >= 11 is 0. The van der Waals surface area contributed by atoms with Crippen LogP contribution in [0, 0.1) is 13.8 Å². The van der Waals surface area contributed by atoms with Crippen molar-refractivity contribution in [3.8, 4) is 0 Å². The van der Waals surface area contributed by atoms with Crippen LogP contribution in [0.4, 0.5) is 0 Å². The second kappa shape index (κ2) is 6.77. The van der Waals surface area contributed by atoms with E-state index < -0.39 is 0 Å². The summed E-state index contributed by atoms with van der Waals surface area (Å²) in [5.74, 6) is 0.0790. The number of nitrogens with zero attached hydrogens (tertiary/aromatic N) is 3. The molecule has 0 saturated carbocycles. The molecule has 5 heteroatoms. The van der Waals surface area contributed by atoms with Gasteiger partial charge >= 0.3 is 0 Å². The van der Waals surface area contributed by atoms with Crippen molar-refractivity contribution in [2.45, 2.75) is 46.4 Å². The molecule has 0 radical (unpaired) electrons. The van der Waals surface area contributed by atoms with Gasteiger partial charge in [-0.05, 0) is 51.5 Å². The summed E-state index contributed by atoms with van der Waals surface area (Å²) in [7, 11) is 0. The first-order chi connectivity index (χ1) is 11.4. The Morgan fingerprint density at radius 2 is 1.96 bits per heavy atom. The lowest BCUT2D eigenvalue weighted by Gasteiger charge is -2.36. The Kier molecular flexibility index (Phi) is 4.71. The van der Waals surface area contributed by atoms with Crippen LogP contribution in [0.15, 0.2) is 30.3 Å². The van der Waals surface area contributed by atoms with Gasteiger partial charge in [-0.15, -0.1) is 0 Å². The molecule has 3 rings (SSSR count). The minimum Gasteiger partial charge on any atom is -0.375 e. The first kappa shape index (κ1) is 16.7. The molecule has 1 aromatic heterocycles. The average molecular weight is 327 g/mol. The number of carbonyl (C=O) groups is 1. The predicted octanol–water partition coefficient (Wildman–Crippen LogP) is 2.80. The molecule has 1 aliphatic heterocycles. The number of rotatable bonds is 3. The van der Waals surface area contributed by atoms with Gasteiger partial charge < -0.3 is 9.64 Å². The van der Waals surface area contributed by atoms with Crippen LogP contribution in [0.2, 0.25) is 0 Å². The molecule has 1 saturated heterocycles. The zero-order chi connectivity index (χ0) is 17.3. The Labute approximate surface area is 143 Å². The van der Waals surface area contributed by atoms with Crippen molar-refractivity contribution in [3.05, 3.63) is 52.8 Å². The maximum Gasteiger partial charge on any atom is 0.254 e. The highest BCUT2D eigenvalue weighted by atomic mass is 16.5. The van der Waals surface area contributed by atoms with Crippen LogP contribution in [-0.4, -0.2) is 45.9 Å².